The van der Waals surface area contributed by atoms with Crippen molar-refractivity contribution in [1.82, 2.24) is 20.2 Å². The van der Waals surface area contributed by atoms with E-state index in [0.717, 1.165) is 45.9 Å². The number of aromatic amines is 1. The molecular formula is C26H26N4O4. The first-order chi connectivity index (χ1) is 16.7. The summed E-state index contributed by atoms with van der Waals surface area (Å²) >= 11 is 0. The molecule has 174 valence electrons. The quantitative estimate of drug-likeness (QED) is 0.384. The van der Waals surface area contributed by atoms with Gasteiger partial charge in [-0.25, -0.2) is 0 Å². The van der Waals surface area contributed by atoms with Crippen molar-refractivity contribution in [3.8, 4) is 11.5 Å². The summed E-state index contributed by atoms with van der Waals surface area (Å²) in [5, 5.41) is 14.4. The van der Waals surface area contributed by atoms with Crippen molar-refractivity contribution < 1.29 is 19.4 Å². The van der Waals surface area contributed by atoms with Gasteiger partial charge in [0, 0.05) is 35.8 Å². The fourth-order valence-electron chi connectivity index (χ4n) is 4.98. The van der Waals surface area contributed by atoms with Gasteiger partial charge in [-0.15, -0.1) is 0 Å². The molecule has 8 heteroatoms. The zero-order valence-electron chi connectivity index (χ0n) is 18.8. The SMILES string of the molecule is O=C(CNCCO)N1CCc2c(nc(Cc3ccc4c(c3)OCO4)c3[nH]c4ccccc4c23)C1. The van der Waals surface area contributed by atoms with Crippen LogP contribution >= 0.6 is 0 Å². The van der Waals surface area contributed by atoms with Crippen LogP contribution in [0.1, 0.15) is 22.5 Å². The molecule has 0 bridgehead atoms. The zero-order valence-corrected chi connectivity index (χ0v) is 18.8. The predicted molar refractivity (Wildman–Crippen MR) is 128 cm³/mol. The smallest absolute Gasteiger partial charge is 0.236 e. The largest absolute Gasteiger partial charge is 0.454 e. The topological polar surface area (TPSA) is 99.7 Å². The van der Waals surface area contributed by atoms with E-state index in [4.69, 9.17) is 19.6 Å². The van der Waals surface area contributed by atoms with E-state index in [0.29, 0.717) is 26.1 Å². The average molecular weight is 459 g/mol. The highest BCUT2D eigenvalue weighted by atomic mass is 16.7. The van der Waals surface area contributed by atoms with Crippen molar-refractivity contribution >= 4 is 27.7 Å². The molecule has 6 rings (SSSR count). The molecule has 2 aliphatic heterocycles. The van der Waals surface area contributed by atoms with Gasteiger partial charge in [0.1, 0.15) is 0 Å². The van der Waals surface area contributed by atoms with Gasteiger partial charge in [-0.05, 0) is 35.7 Å². The van der Waals surface area contributed by atoms with Crippen LogP contribution < -0.4 is 14.8 Å². The number of aliphatic hydroxyl groups excluding tert-OH is 1. The summed E-state index contributed by atoms with van der Waals surface area (Å²) in [5.74, 6) is 1.55. The van der Waals surface area contributed by atoms with Gasteiger partial charge in [-0.3, -0.25) is 9.78 Å². The number of ether oxygens (including phenoxy) is 2. The van der Waals surface area contributed by atoms with E-state index >= 15 is 0 Å². The maximum atomic E-state index is 12.7. The number of benzene rings is 2. The molecule has 2 aromatic heterocycles. The lowest BCUT2D eigenvalue weighted by atomic mass is 9.96. The fourth-order valence-corrected chi connectivity index (χ4v) is 4.98. The Morgan fingerprint density at radius 1 is 1.18 bits per heavy atom. The molecule has 0 spiro atoms. The average Bonchev–Trinajstić information content (AvgIpc) is 3.48. The number of hydrogen-bond donors (Lipinski definition) is 3. The van der Waals surface area contributed by atoms with Crippen molar-refractivity contribution in [2.24, 2.45) is 0 Å². The number of fused-ring (bicyclic) bond motifs is 6. The lowest BCUT2D eigenvalue weighted by Gasteiger charge is -2.29. The van der Waals surface area contributed by atoms with Crippen LogP contribution in [-0.4, -0.2) is 58.9 Å². The van der Waals surface area contributed by atoms with Crippen LogP contribution in [0.25, 0.3) is 21.8 Å². The molecular weight excluding hydrogens is 432 g/mol. The summed E-state index contributed by atoms with van der Waals surface area (Å²) in [6, 6.07) is 14.3. The molecule has 0 fully saturated rings. The Morgan fingerprint density at radius 3 is 2.97 bits per heavy atom. The Labute approximate surface area is 196 Å². The standard InChI is InChI=1S/C26H26N4O4/c31-10-8-27-13-24(32)30-9-7-18-21(14-30)28-20(11-16-5-6-22-23(12-16)34-15-33-22)26-25(18)17-3-1-2-4-19(17)29-26/h1-6,12,27,29,31H,7-11,13-15H2. The van der Waals surface area contributed by atoms with Crippen LogP contribution in [0.2, 0.25) is 0 Å². The number of pyridine rings is 1. The number of nitrogens with one attached hydrogen (secondary N) is 2. The highest BCUT2D eigenvalue weighted by Crippen LogP contribution is 2.36. The minimum Gasteiger partial charge on any atom is -0.454 e. The summed E-state index contributed by atoms with van der Waals surface area (Å²) in [6.45, 7) is 2.03. The summed E-state index contributed by atoms with van der Waals surface area (Å²) in [6.07, 6.45) is 1.40. The number of carbonyl (C=O) groups excluding carboxylic acids is 1. The molecule has 1 amide bonds. The Kier molecular flexibility index (Phi) is 5.31. The molecule has 0 atom stereocenters. The number of H-pyrrole nitrogens is 1. The summed E-state index contributed by atoms with van der Waals surface area (Å²) in [7, 11) is 0. The number of nitrogens with zero attached hydrogens (tertiary/aromatic N) is 2. The van der Waals surface area contributed by atoms with Crippen LogP contribution in [0.4, 0.5) is 0 Å². The Hall–Kier alpha value is -3.62. The molecule has 0 saturated heterocycles. The van der Waals surface area contributed by atoms with Crippen LogP contribution in [-0.2, 0) is 24.2 Å². The molecule has 8 nitrogen and oxygen atoms in total. The first-order valence-electron chi connectivity index (χ1n) is 11.6. The fraction of sp³-hybridized carbons (Fsp3) is 0.308. The molecule has 0 radical (unpaired) electrons. The van der Waals surface area contributed by atoms with Gasteiger partial charge in [-0.1, -0.05) is 24.3 Å². The van der Waals surface area contributed by atoms with Crippen molar-refractivity contribution in [2.45, 2.75) is 19.4 Å². The molecule has 2 aromatic carbocycles. The minimum atomic E-state index is 0.0133. The lowest BCUT2D eigenvalue weighted by molar-refractivity contribution is -0.131. The first kappa shape index (κ1) is 20.9. The summed E-state index contributed by atoms with van der Waals surface area (Å²) in [4.78, 5) is 23.3. The first-order valence-corrected chi connectivity index (χ1v) is 11.6. The Morgan fingerprint density at radius 2 is 2.06 bits per heavy atom. The second-order valence-electron chi connectivity index (χ2n) is 8.73. The molecule has 0 saturated carbocycles. The highest BCUT2D eigenvalue weighted by Gasteiger charge is 2.26. The van der Waals surface area contributed by atoms with Crippen molar-refractivity contribution in [3.63, 3.8) is 0 Å². The number of carbonyl (C=O) groups is 1. The number of rotatable bonds is 6. The Bertz CT molecular complexity index is 1400. The van der Waals surface area contributed by atoms with E-state index < -0.39 is 0 Å². The molecule has 3 N–H and O–H groups in total. The minimum absolute atomic E-state index is 0.0133. The normalized spacial score (nSPS) is 14.7. The van der Waals surface area contributed by atoms with Crippen LogP contribution in [0.15, 0.2) is 42.5 Å². The van der Waals surface area contributed by atoms with Crippen LogP contribution in [0.5, 0.6) is 11.5 Å². The van der Waals surface area contributed by atoms with Crippen molar-refractivity contribution in [1.29, 1.82) is 0 Å². The summed E-state index contributed by atoms with van der Waals surface area (Å²) < 4.78 is 11.0. The lowest BCUT2D eigenvalue weighted by Crippen LogP contribution is -2.42. The maximum absolute atomic E-state index is 12.7. The second kappa shape index (κ2) is 8.62. The monoisotopic (exact) mass is 458 g/mol. The molecule has 2 aliphatic rings. The third kappa shape index (κ3) is 3.65. The van der Waals surface area contributed by atoms with E-state index in [1.54, 1.807) is 0 Å². The Balaban J connectivity index is 1.41. The zero-order chi connectivity index (χ0) is 23.1. The van der Waals surface area contributed by atoms with Gasteiger partial charge < -0.3 is 29.8 Å². The highest BCUT2D eigenvalue weighted by molar-refractivity contribution is 6.10. The number of aromatic nitrogens is 2. The number of amides is 1. The second-order valence-corrected chi connectivity index (χ2v) is 8.73. The van der Waals surface area contributed by atoms with Crippen molar-refractivity contribution in [3.05, 3.63) is 65.0 Å². The van der Waals surface area contributed by atoms with Gasteiger partial charge in [0.05, 0.1) is 36.6 Å². The number of hydrogen-bond acceptors (Lipinski definition) is 6. The molecule has 4 aromatic rings. The van der Waals surface area contributed by atoms with Gasteiger partial charge in [-0.2, -0.15) is 0 Å². The molecule has 0 unspecified atom stereocenters. The molecule has 4 heterocycles. The van der Waals surface area contributed by atoms with E-state index in [-0.39, 0.29) is 25.9 Å². The van der Waals surface area contributed by atoms with Gasteiger partial charge in [0.2, 0.25) is 12.7 Å². The van der Waals surface area contributed by atoms with Gasteiger partial charge in [0.15, 0.2) is 11.5 Å². The summed E-state index contributed by atoms with van der Waals surface area (Å²) in [5.41, 5.74) is 6.36. The van der Waals surface area contributed by atoms with E-state index in [1.165, 1.54) is 16.3 Å². The van der Waals surface area contributed by atoms with E-state index in [2.05, 4.69) is 28.5 Å². The van der Waals surface area contributed by atoms with Crippen molar-refractivity contribution in [2.75, 3.05) is 33.0 Å². The molecule has 34 heavy (non-hydrogen) atoms. The van der Waals surface area contributed by atoms with Crippen LogP contribution in [0, 0.1) is 0 Å². The van der Waals surface area contributed by atoms with Gasteiger partial charge >= 0.3 is 0 Å². The van der Waals surface area contributed by atoms with Crippen LogP contribution in [0.3, 0.4) is 0 Å². The third-order valence-corrected chi connectivity index (χ3v) is 6.61. The molecule has 0 aliphatic carbocycles. The van der Waals surface area contributed by atoms with E-state index in [1.807, 2.05) is 29.2 Å². The van der Waals surface area contributed by atoms with E-state index in [9.17, 15) is 4.79 Å². The predicted octanol–water partition coefficient (Wildman–Crippen LogP) is 2.50. The number of para-hydroxylation sites is 1. The number of aliphatic hydroxyl groups is 1. The van der Waals surface area contributed by atoms with Gasteiger partial charge in [0.25, 0.3) is 0 Å². The third-order valence-electron chi connectivity index (χ3n) is 6.61. The maximum Gasteiger partial charge on any atom is 0.236 e.